The van der Waals surface area contributed by atoms with Crippen molar-refractivity contribution in [1.82, 2.24) is 14.9 Å². The van der Waals surface area contributed by atoms with Gasteiger partial charge in [0.25, 0.3) is 5.91 Å². The Morgan fingerprint density at radius 2 is 2.33 bits per heavy atom. The number of nitrogens with zero attached hydrogens (tertiary/aromatic N) is 3. The van der Waals surface area contributed by atoms with Gasteiger partial charge in [-0.3, -0.25) is 9.48 Å². The lowest BCUT2D eigenvalue weighted by Crippen LogP contribution is -2.25. The third kappa shape index (κ3) is 2.69. The summed E-state index contributed by atoms with van der Waals surface area (Å²) >= 11 is 0. The van der Waals surface area contributed by atoms with Crippen LogP contribution in [0.1, 0.15) is 5.76 Å². The Morgan fingerprint density at radius 1 is 1.42 bits per heavy atom. The number of amides is 1. The molecule has 8 nitrogen and oxygen atoms in total. The molecule has 4 rings (SSSR count). The van der Waals surface area contributed by atoms with Crippen molar-refractivity contribution in [2.75, 3.05) is 11.9 Å². The molecule has 1 aliphatic heterocycles. The van der Waals surface area contributed by atoms with Crippen LogP contribution in [0.15, 0.2) is 41.2 Å². The van der Waals surface area contributed by atoms with Crippen molar-refractivity contribution in [3.63, 3.8) is 0 Å². The predicted molar refractivity (Wildman–Crippen MR) is 83.6 cm³/mol. The van der Waals surface area contributed by atoms with Gasteiger partial charge in [-0.05, 0) is 12.1 Å². The highest BCUT2D eigenvalue weighted by molar-refractivity contribution is 5.97. The number of benzene rings is 1. The molecule has 3 heterocycles. The summed E-state index contributed by atoms with van der Waals surface area (Å²) in [5.74, 6) is 1.45. The van der Waals surface area contributed by atoms with Gasteiger partial charge in [-0.1, -0.05) is 11.2 Å². The largest absolute Gasteiger partial charge is 0.483 e. The molecule has 8 heteroatoms. The van der Waals surface area contributed by atoms with Crippen LogP contribution in [0.5, 0.6) is 11.5 Å². The minimum absolute atomic E-state index is 0.00697. The van der Waals surface area contributed by atoms with Crippen molar-refractivity contribution in [2.45, 2.75) is 6.61 Å². The second-order valence-corrected chi connectivity index (χ2v) is 5.34. The first-order chi connectivity index (χ1) is 11.7. The van der Waals surface area contributed by atoms with E-state index in [4.69, 9.17) is 14.0 Å². The smallest absolute Gasteiger partial charge is 0.262 e. The van der Waals surface area contributed by atoms with Crippen LogP contribution in [0.3, 0.4) is 0 Å². The van der Waals surface area contributed by atoms with E-state index in [1.807, 2.05) is 13.2 Å². The van der Waals surface area contributed by atoms with Gasteiger partial charge in [0.2, 0.25) is 0 Å². The summed E-state index contributed by atoms with van der Waals surface area (Å²) in [7, 11) is 1.84. The van der Waals surface area contributed by atoms with Crippen molar-refractivity contribution in [1.29, 1.82) is 0 Å². The van der Waals surface area contributed by atoms with Crippen molar-refractivity contribution in [2.24, 2.45) is 7.05 Å². The molecule has 0 aliphatic carbocycles. The molecule has 24 heavy (non-hydrogen) atoms. The van der Waals surface area contributed by atoms with Crippen LogP contribution in [0.2, 0.25) is 0 Å². The third-order valence-corrected chi connectivity index (χ3v) is 3.54. The normalized spacial score (nSPS) is 13.1. The summed E-state index contributed by atoms with van der Waals surface area (Å²) in [6.45, 7) is 0.187. The van der Waals surface area contributed by atoms with E-state index < -0.39 is 0 Å². The van der Waals surface area contributed by atoms with Crippen LogP contribution in [0, 0.1) is 0 Å². The Kier molecular flexibility index (Phi) is 3.42. The number of hydrogen-bond acceptors (Lipinski definition) is 6. The van der Waals surface area contributed by atoms with Crippen molar-refractivity contribution in [3.8, 4) is 22.8 Å². The fourth-order valence-electron chi connectivity index (χ4n) is 2.41. The van der Waals surface area contributed by atoms with Gasteiger partial charge in [0.15, 0.2) is 12.4 Å². The van der Waals surface area contributed by atoms with E-state index in [1.54, 1.807) is 35.1 Å². The number of para-hydroxylation sites is 1. The van der Waals surface area contributed by atoms with E-state index in [9.17, 15) is 4.79 Å². The average molecular weight is 326 g/mol. The van der Waals surface area contributed by atoms with E-state index in [-0.39, 0.29) is 19.1 Å². The maximum Gasteiger partial charge on any atom is 0.262 e. The van der Waals surface area contributed by atoms with Crippen molar-refractivity contribution < 1.29 is 18.8 Å². The van der Waals surface area contributed by atoms with Crippen molar-refractivity contribution in [3.05, 3.63) is 42.4 Å². The molecule has 0 spiro atoms. The molecule has 0 saturated carbocycles. The number of aryl methyl sites for hydroxylation is 1. The predicted octanol–water partition coefficient (Wildman–Crippen LogP) is 1.98. The summed E-state index contributed by atoms with van der Waals surface area (Å²) in [4.78, 5) is 11.5. The van der Waals surface area contributed by atoms with Crippen LogP contribution in [0.25, 0.3) is 11.3 Å². The van der Waals surface area contributed by atoms with Gasteiger partial charge in [0.05, 0.1) is 6.20 Å². The molecule has 3 aromatic rings. The van der Waals surface area contributed by atoms with Crippen LogP contribution in [0.4, 0.5) is 5.69 Å². The summed E-state index contributed by atoms with van der Waals surface area (Å²) < 4.78 is 18.1. The fourth-order valence-corrected chi connectivity index (χ4v) is 2.41. The number of ether oxygens (including phenoxy) is 2. The second kappa shape index (κ2) is 5.73. The number of hydrogen-bond donors (Lipinski definition) is 1. The topological polar surface area (TPSA) is 91.4 Å². The van der Waals surface area contributed by atoms with E-state index in [1.165, 1.54) is 0 Å². The Bertz CT molecular complexity index is 899. The number of aromatic nitrogens is 3. The summed E-state index contributed by atoms with van der Waals surface area (Å²) in [6, 6.07) is 7.12. The molecule has 0 bridgehead atoms. The standard InChI is InChI=1S/C16H14N4O4/c1-20-7-10(6-17-20)12-5-11(24-19-12)8-22-13-3-2-4-14-16(13)18-15(21)9-23-14/h2-7H,8-9H2,1H3,(H,18,21). The molecule has 0 radical (unpaired) electrons. The number of carbonyl (C=O) groups excluding carboxylic acids is 1. The monoisotopic (exact) mass is 326 g/mol. The molecule has 1 aliphatic rings. The Morgan fingerprint density at radius 3 is 3.17 bits per heavy atom. The highest BCUT2D eigenvalue weighted by atomic mass is 16.5. The average Bonchev–Trinajstić information content (AvgIpc) is 3.21. The van der Waals surface area contributed by atoms with Gasteiger partial charge in [-0.15, -0.1) is 0 Å². The van der Waals surface area contributed by atoms with Gasteiger partial charge >= 0.3 is 0 Å². The van der Waals surface area contributed by atoms with Gasteiger partial charge in [-0.25, -0.2) is 0 Å². The first-order valence-electron chi connectivity index (χ1n) is 7.32. The van der Waals surface area contributed by atoms with Gasteiger partial charge < -0.3 is 19.3 Å². The summed E-state index contributed by atoms with van der Waals surface area (Å²) in [6.07, 6.45) is 3.56. The van der Waals surface area contributed by atoms with Gasteiger partial charge in [0, 0.05) is 24.9 Å². The Hall–Kier alpha value is -3.29. The van der Waals surface area contributed by atoms with Gasteiger partial charge in [0.1, 0.15) is 29.5 Å². The lowest BCUT2D eigenvalue weighted by molar-refractivity contribution is -0.118. The van der Waals surface area contributed by atoms with Gasteiger partial charge in [-0.2, -0.15) is 5.10 Å². The number of fused-ring (bicyclic) bond motifs is 1. The zero-order chi connectivity index (χ0) is 16.5. The molecular weight excluding hydrogens is 312 g/mol. The minimum Gasteiger partial charge on any atom is -0.483 e. The zero-order valence-electron chi connectivity index (χ0n) is 12.9. The molecule has 0 fully saturated rings. The molecule has 0 atom stereocenters. The number of carbonyl (C=O) groups is 1. The number of anilines is 1. The van der Waals surface area contributed by atoms with Crippen LogP contribution < -0.4 is 14.8 Å². The SMILES string of the molecule is Cn1cc(-c2cc(COc3cccc4c3NC(=O)CO4)on2)cn1. The Balaban J connectivity index is 1.50. The first kappa shape index (κ1) is 14.3. The highest BCUT2D eigenvalue weighted by Gasteiger charge is 2.20. The molecule has 2 aromatic heterocycles. The highest BCUT2D eigenvalue weighted by Crippen LogP contribution is 2.36. The fraction of sp³-hybridized carbons (Fsp3) is 0.188. The van der Waals surface area contributed by atoms with E-state index in [0.29, 0.717) is 28.6 Å². The summed E-state index contributed by atoms with van der Waals surface area (Å²) in [5, 5.41) is 10.9. The quantitative estimate of drug-likeness (QED) is 0.788. The van der Waals surface area contributed by atoms with Crippen molar-refractivity contribution >= 4 is 11.6 Å². The Labute approximate surface area is 137 Å². The van der Waals surface area contributed by atoms with Crippen LogP contribution in [-0.2, 0) is 18.4 Å². The third-order valence-electron chi connectivity index (χ3n) is 3.54. The van der Waals surface area contributed by atoms with E-state index >= 15 is 0 Å². The molecule has 1 N–H and O–H groups in total. The summed E-state index contributed by atoms with van der Waals surface area (Å²) in [5.41, 5.74) is 2.08. The molecule has 1 amide bonds. The number of rotatable bonds is 4. The second-order valence-electron chi connectivity index (χ2n) is 5.34. The molecule has 0 unspecified atom stereocenters. The lowest BCUT2D eigenvalue weighted by atomic mass is 10.2. The molecule has 122 valence electrons. The molecular formula is C16H14N4O4. The maximum atomic E-state index is 11.5. The van der Waals surface area contributed by atoms with Crippen LogP contribution >= 0.6 is 0 Å². The number of nitrogens with one attached hydrogen (secondary N) is 1. The van der Waals surface area contributed by atoms with Crippen LogP contribution in [-0.4, -0.2) is 27.5 Å². The lowest BCUT2D eigenvalue weighted by Gasteiger charge is -2.20. The first-order valence-corrected chi connectivity index (χ1v) is 7.32. The zero-order valence-corrected chi connectivity index (χ0v) is 12.9. The van der Waals surface area contributed by atoms with E-state index in [2.05, 4.69) is 15.6 Å². The minimum atomic E-state index is -0.211. The molecule has 1 aromatic carbocycles. The van der Waals surface area contributed by atoms with E-state index in [0.717, 1.165) is 5.56 Å². The molecule has 0 saturated heterocycles. The maximum absolute atomic E-state index is 11.5.